The predicted octanol–water partition coefficient (Wildman–Crippen LogP) is 3.56. The summed E-state index contributed by atoms with van der Waals surface area (Å²) < 4.78 is 0.977. The number of hydrogen-bond donors (Lipinski definition) is 1. The molecule has 0 aliphatic carbocycles. The molecule has 0 amide bonds. The molecule has 0 saturated carbocycles. The van der Waals surface area contributed by atoms with E-state index in [1.165, 1.54) is 0 Å². The highest BCUT2D eigenvalue weighted by atomic mass is 79.9. The standard InChI is InChI=1S/C11H15BrCl2N2/c1-2-11(7-13,8-14)16-5-9-3-10(12)6-15-4-9/h3-4,6,16H,2,5,7-8H2,1H3. The Kier molecular flexibility index (Phi) is 6.05. The van der Waals surface area contributed by atoms with Crippen LogP contribution in [-0.2, 0) is 6.54 Å². The Balaban J connectivity index is 2.62. The molecule has 0 aromatic carbocycles. The molecule has 1 aromatic heterocycles. The number of hydrogen-bond acceptors (Lipinski definition) is 2. The van der Waals surface area contributed by atoms with Gasteiger partial charge < -0.3 is 5.32 Å². The molecule has 1 heterocycles. The molecule has 0 spiro atoms. The van der Waals surface area contributed by atoms with Crippen LogP contribution in [0.5, 0.6) is 0 Å². The van der Waals surface area contributed by atoms with E-state index in [4.69, 9.17) is 23.2 Å². The van der Waals surface area contributed by atoms with Crippen molar-refractivity contribution < 1.29 is 0 Å². The average molecular weight is 326 g/mol. The van der Waals surface area contributed by atoms with Crippen LogP contribution >= 0.6 is 39.1 Å². The summed E-state index contributed by atoms with van der Waals surface area (Å²) in [4.78, 5) is 4.11. The largest absolute Gasteiger partial charge is 0.305 e. The molecule has 1 rings (SSSR count). The minimum absolute atomic E-state index is 0.189. The molecule has 0 unspecified atom stereocenters. The Morgan fingerprint density at radius 1 is 1.38 bits per heavy atom. The Morgan fingerprint density at radius 3 is 2.56 bits per heavy atom. The Morgan fingerprint density at radius 2 is 2.06 bits per heavy atom. The molecule has 1 N–H and O–H groups in total. The van der Waals surface area contributed by atoms with Gasteiger partial charge in [-0.25, -0.2) is 0 Å². The van der Waals surface area contributed by atoms with Crippen molar-refractivity contribution in [1.82, 2.24) is 10.3 Å². The molecule has 0 aliphatic rings. The van der Waals surface area contributed by atoms with Crippen molar-refractivity contribution in [3.8, 4) is 0 Å². The van der Waals surface area contributed by atoms with Gasteiger partial charge in [-0.2, -0.15) is 0 Å². The molecule has 0 aliphatic heterocycles. The van der Waals surface area contributed by atoms with Crippen LogP contribution in [0.3, 0.4) is 0 Å². The van der Waals surface area contributed by atoms with Gasteiger partial charge in [0.1, 0.15) is 0 Å². The van der Waals surface area contributed by atoms with E-state index in [1.54, 1.807) is 6.20 Å². The van der Waals surface area contributed by atoms with E-state index in [0.29, 0.717) is 11.8 Å². The van der Waals surface area contributed by atoms with Crippen LogP contribution in [0.4, 0.5) is 0 Å². The molecule has 2 nitrogen and oxygen atoms in total. The second kappa shape index (κ2) is 6.80. The van der Waals surface area contributed by atoms with Crippen LogP contribution in [0, 0.1) is 0 Å². The minimum atomic E-state index is -0.189. The quantitative estimate of drug-likeness (QED) is 0.809. The maximum absolute atomic E-state index is 5.95. The molecular formula is C11H15BrCl2N2. The lowest BCUT2D eigenvalue weighted by Gasteiger charge is -2.29. The van der Waals surface area contributed by atoms with E-state index in [2.05, 4.69) is 33.2 Å². The second-order valence-corrected chi connectivity index (χ2v) is 5.22. The number of halogens is 3. The zero-order valence-electron chi connectivity index (χ0n) is 9.14. The predicted molar refractivity (Wildman–Crippen MR) is 73.2 cm³/mol. The minimum Gasteiger partial charge on any atom is -0.305 e. The maximum Gasteiger partial charge on any atom is 0.0453 e. The average Bonchev–Trinajstić information content (AvgIpc) is 2.32. The van der Waals surface area contributed by atoms with Gasteiger partial charge in [0.05, 0.1) is 0 Å². The van der Waals surface area contributed by atoms with E-state index in [1.807, 2.05) is 12.3 Å². The van der Waals surface area contributed by atoms with Gasteiger partial charge in [0, 0.05) is 40.7 Å². The molecule has 90 valence electrons. The van der Waals surface area contributed by atoms with E-state index in [9.17, 15) is 0 Å². The van der Waals surface area contributed by atoms with Gasteiger partial charge in [-0.15, -0.1) is 23.2 Å². The molecule has 16 heavy (non-hydrogen) atoms. The summed E-state index contributed by atoms with van der Waals surface area (Å²) in [6, 6.07) is 2.03. The van der Waals surface area contributed by atoms with Crippen molar-refractivity contribution in [3.63, 3.8) is 0 Å². The third-order valence-electron chi connectivity index (χ3n) is 2.62. The fraction of sp³-hybridized carbons (Fsp3) is 0.545. The lowest BCUT2D eigenvalue weighted by atomic mass is 10.0. The molecule has 5 heteroatoms. The normalized spacial score (nSPS) is 11.8. The summed E-state index contributed by atoms with van der Waals surface area (Å²) in [5.41, 5.74) is 0.924. The van der Waals surface area contributed by atoms with Crippen LogP contribution in [0.15, 0.2) is 22.9 Å². The highest BCUT2D eigenvalue weighted by Gasteiger charge is 2.25. The van der Waals surface area contributed by atoms with Crippen molar-refractivity contribution in [2.45, 2.75) is 25.4 Å². The van der Waals surface area contributed by atoms with Crippen molar-refractivity contribution in [2.75, 3.05) is 11.8 Å². The van der Waals surface area contributed by atoms with Crippen LogP contribution in [-0.4, -0.2) is 22.3 Å². The molecule has 0 radical (unpaired) electrons. The van der Waals surface area contributed by atoms with Crippen LogP contribution in [0.1, 0.15) is 18.9 Å². The fourth-order valence-corrected chi connectivity index (χ4v) is 2.55. The summed E-state index contributed by atoms with van der Waals surface area (Å²) >= 11 is 15.3. The molecular weight excluding hydrogens is 311 g/mol. The second-order valence-electron chi connectivity index (χ2n) is 3.77. The zero-order chi connectivity index (χ0) is 12.0. The SMILES string of the molecule is CCC(CCl)(CCl)NCc1cncc(Br)c1. The van der Waals surface area contributed by atoms with Crippen molar-refractivity contribution in [1.29, 1.82) is 0 Å². The third kappa shape index (κ3) is 3.88. The number of rotatable bonds is 6. The Hall–Kier alpha value is 0.170. The lowest BCUT2D eigenvalue weighted by molar-refractivity contribution is 0.384. The Labute approximate surface area is 115 Å². The smallest absolute Gasteiger partial charge is 0.0453 e. The van der Waals surface area contributed by atoms with Crippen LogP contribution in [0.25, 0.3) is 0 Å². The Bertz CT molecular complexity index is 321. The molecule has 1 aromatic rings. The summed E-state index contributed by atoms with van der Waals surface area (Å²) in [5.74, 6) is 1.02. The number of nitrogens with one attached hydrogen (secondary N) is 1. The summed E-state index contributed by atoms with van der Waals surface area (Å²) in [7, 11) is 0. The first-order valence-corrected chi connectivity index (χ1v) is 6.98. The van der Waals surface area contributed by atoms with E-state index < -0.39 is 0 Å². The molecule has 0 saturated heterocycles. The van der Waals surface area contributed by atoms with Crippen molar-refractivity contribution in [3.05, 3.63) is 28.5 Å². The maximum atomic E-state index is 5.95. The van der Waals surface area contributed by atoms with Gasteiger partial charge in [-0.3, -0.25) is 4.98 Å². The first-order chi connectivity index (χ1) is 7.65. The molecule has 0 fully saturated rings. The van der Waals surface area contributed by atoms with Gasteiger partial charge in [-0.05, 0) is 34.0 Å². The highest BCUT2D eigenvalue weighted by molar-refractivity contribution is 9.10. The first-order valence-electron chi connectivity index (χ1n) is 5.12. The van der Waals surface area contributed by atoms with Gasteiger partial charge in [-0.1, -0.05) is 6.92 Å². The van der Waals surface area contributed by atoms with Gasteiger partial charge in [0.2, 0.25) is 0 Å². The van der Waals surface area contributed by atoms with E-state index >= 15 is 0 Å². The van der Waals surface area contributed by atoms with Gasteiger partial charge in [0.25, 0.3) is 0 Å². The van der Waals surface area contributed by atoms with Gasteiger partial charge in [0.15, 0.2) is 0 Å². The van der Waals surface area contributed by atoms with E-state index in [0.717, 1.165) is 23.0 Å². The lowest BCUT2D eigenvalue weighted by Crippen LogP contribution is -2.47. The van der Waals surface area contributed by atoms with Crippen molar-refractivity contribution >= 4 is 39.1 Å². The molecule has 0 bridgehead atoms. The van der Waals surface area contributed by atoms with E-state index in [-0.39, 0.29) is 5.54 Å². The molecule has 0 atom stereocenters. The summed E-state index contributed by atoms with van der Waals surface area (Å²) in [6.45, 7) is 2.80. The first kappa shape index (κ1) is 14.2. The topological polar surface area (TPSA) is 24.9 Å². The van der Waals surface area contributed by atoms with Crippen LogP contribution < -0.4 is 5.32 Å². The monoisotopic (exact) mass is 324 g/mol. The number of aromatic nitrogens is 1. The van der Waals surface area contributed by atoms with Gasteiger partial charge >= 0.3 is 0 Å². The summed E-state index contributed by atoms with van der Waals surface area (Å²) in [6.07, 6.45) is 4.50. The number of alkyl halides is 2. The van der Waals surface area contributed by atoms with Crippen molar-refractivity contribution in [2.24, 2.45) is 0 Å². The number of pyridine rings is 1. The zero-order valence-corrected chi connectivity index (χ0v) is 12.2. The van der Waals surface area contributed by atoms with Crippen LogP contribution in [0.2, 0.25) is 0 Å². The summed E-state index contributed by atoms with van der Waals surface area (Å²) in [5, 5.41) is 3.40. The fourth-order valence-electron chi connectivity index (χ4n) is 1.29. The highest BCUT2D eigenvalue weighted by Crippen LogP contribution is 2.16. The third-order valence-corrected chi connectivity index (χ3v) is 4.07. The number of nitrogens with zero attached hydrogens (tertiary/aromatic N) is 1.